The SMILES string of the molecule is C=C(/C=C(\NC)C1CC1)Nc1cc(N2CCC(NC)C2)nc(Oc2ccc3[nH]c(C)cc3c2F)n1.CCC. The van der Waals surface area contributed by atoms with E-state index in [9.17, 15) is 0 Å². The van der Waals surface area contributed by atoms with Gasteiger partial charge in [0, 0.05) is 60.2 Å². The molecule has 1 aromatic carbocycles. The van der Waals surface area contributed by atoms with Crippen molar-refractivity contribution in [2.45, 2.75) is 52.5 Å². The van der Waals surface area contributed by atoms with Crippen molar-refractivity contribution in [1.29, 1.82) is 0 Å². The van der Waals surface area contributed by atoms with Crippen LogP contribution in [0.25, 0.3) is 10.9 Å². The van der Waals surface area contributed by atoms with E-state index < -0.39 is 5.82 Å². The van der Waals surface area contributed by atoms with Crippen LogP contribution in [-0.2, 0) is 0 Å². The van der Waals surface area contributed by atoms with E-state index in [4.69, 9.17) is 4.74 Å². The van der Waals surface area contributed by atoms with Crippen molar-refractivity contribution in [3.63, 3.8) is 0 Å². The van der Waals surface area contributed by atoms with Crippen LogP contribution in [0.5, 0.6) is 11.8 Å². The number of ether oxygens (including phenoxy) is 1. The molecule has 2 aliphatic rings. The van der Waals surface area contributed by atoms with E-state index in [0.717, 1.165) is 42.2 Å². The van der Waals surface area contributed by atoms with Crippen molar-refractivity contribution < 1.29 is 9.13 Å². The maximum atomic E-state index is 15.2. The Kier molecular flexibility index (Phi) is 8.89. The van der Waals surface area contributed by atoms with Gasteiger partial charge in [-0.2, -0.15) is 9.97 Å². The van der Waals surface area contributed by atoms with E-state index in [1.54, 1.807) is 18.2 Å². The third-order valence-corrected chi connectivity index (χ3v) is 6.58. The van der Waals surface area contributed by atoms with Gasteiger partial charge in [0.15, 0.2) is 11.6 Å². The van der Waals surface area contributed by atoms with Gasteiger partial charge in [-0.1, -0.05) is 26.8 Å². The molecule has 0 radical (unpaired) electrons. The molecule has 1 atom stereocenters. The molecule has 0 bridgehead atoms. The molecule has 2 fully saturated rings. The maximum absolute atomic E-state index is 15.2. The van der Waals surface area contributed by atoms with Gasteiger partial charge in [0.1, 0.15) is 11.6 Å². The minimum atomic E-state index is -0.442. The van der Waals surface area contributed by atoms with Crippen LogP contribution in [0.2, 0.25) is 0 Å². The Hall–Kier alpha value is -3.59. The zero-order valence-corrected chi connectivity index (χ0v) is 23.1. The molecule has 4 N–H and O–H groups in total. The normalized spacial score (nSPS) is 17.3. The number of aryl methyl sites for hydroxylation is 1. The first-order valence-electron chi connectivity index (χ1n) is 13.5. The van der Waals surface area contributed by atoms with E-state index in [2.05, 4.69) is 56.2 Å². The zero-order chi connectivity index (χ0) is 27.2. The first-order valence-corrected chi connectivity index (χ1v) is 13.5. The highest BCUT2D eigenvalue weighted by atomic mass is 19.1. The van der Waals surface area contributed by atoms with Gasteiger partial charge in [0.25, 0.3) is 0 Å². The number of allylic oxidation sites excluding steroid dienone is 2. The average Bonchev–Trinajstić information content (AvgIpc) is 3.48. The summed E-state index contributed by atoms with van der Waals surface area (Å²) in [5.41, 5.74) is 3.47. The summed E-state index contributed by atoms with van der Waals surface area (Å²) in [6.45, 7) is 12.0. The molecule has 204 valence electrons. The van der Waals surface area contributed by atoms with E-state index >= 15 is 4.39 Å². The molecule has 3 aromatic rings. The van der Waals surface area contributed by atoms with Gasteiger partial charge in [-0.15, -0.1) is 0 Å². The quantitative estimate of drug-likeness (QED) is 0.263. The fraction of sp³-hybridized carbons (Fsp3) is 0.448. The number of halogens is 1. The van der Waals surface area contributed by atoms with Crippen molar-refractivity contribution in [2.75, 3.05) is 37.4 Å². The lowest BCUT2D eigenvalue weighted by atomic mass is 10.2. The molecule has 2 aromatic heterocycles. The molecule has 1 saturated carbocycles. The number of likely N-dealkylation sites (N-methyl/N-ethyl adjacent to an activating group) is 1. The van der Waals surface area contributed by atoms with Crippen LogP contribution in [-0.4, -0.2) is 48.2 Å². The predicted molar refractivity (Wildman–Crippen MR) is 153 cm³/mol. The number of rotatable bonds is 9. The summed E-state index contributed by atoms with van der Waals surface area (Å²) in [6.07, 6.45) is 6.65. The molecule has 1 saturated heterocycles. The minimum Gasteiger partial charge on any atom is -0.421 e. The van der Waals surface area contributed by atoms with Gasteiger partial charge >= 0.3 is 6.01 Å². The number of aromatic amines is 1. The predicted octanol–water partition coefficient (Wildman–Crippen LogP) is 5.85. The summed E-state index contributed by atoms with van der Waals surface area (Å²) in [5, 5.41) is 10.3. The summed E-state index contributed by atoms with van der Waals surface area (Å²) in [4.78, 5) is 14.5. The molecule has 8 nitrogen and oxygen atoms in total. The molecule has 5 rings (SSSR count). The Morgan fingerprint density at radius 3 is 2.63 bits per heavy atom. The van der Waals surface area contributed by atoms with E-state index in [1.807, 2.05) is 33.2 Å². The second-order valence-corrected chi connectivity index (χ2v) is 9.99. The number of benzene rings is 1. The van der Waals surface area contributed by atoms with Crippen LogP contribution in [0.3, 0.4) is 0 Å². The number of anilines is 2. The third kappa shape index (κ3) is 6.64. The van der Waals surface area contributed by atoms with Crippen LogP contribution in [0.15, 0.2) is 48.3 Å². The number of nitrogens with zero attached hydrogens (tertiary/aromatic N) is 3. The lowest BCUT2D eigenvalue weighted by molar-refractivity contribution is 0.414. The third-order valence-electron chi connectivity index (χ3n) is 6.58. The number of nitrogens with one attached hydrogen (secondary N) is 4. The summed E-state index contributed by atoms with van der Waals surface area (Å²) in [6, 6.07) is 7.51. The summed E-state index contributed by atoms with van der Waals surface area (Å²) >= 11 is 0. The van der Waals surface area contributed by atoms with Crippen molar-refractivity contribution in [2.24, 2.45) is 5.92 Å². The molecule has 38 heavy (non-hydrogen) atoms. The fourth-order valence-electron chi connectivity index (χ4n) is 4.53. The number of hydrogen-bond acceptors (Lipinski definition) is 7. The molecule has 3 heterocycles. The summed E-state index contributed by atoms with van der Waals surface area (Å²) in [7, 11) is 3.89. The molecule has 1 aliphatic carbocycles. The van der Waals surface area contributed by atoms with E-state index in [-0.39, 0.29) is 11.8 Å². The van der Waals surface area contributed by atoms with Gasteiger partial charge in [-0.25, -0.2) is 4.39 Å². The first-order chi connectivity index (χ1) is 18.3. The standard InChI is InChI=1S/C26H32FN7O.C3H8/c1-15-11-19-20(30-15)7-8-22(25(19)27)35-26-32-23(31-16(2)12-21(29-4)17-5-6-17)13-24(33-26)34-10-9-18(14-34)28-3;1-3-2/h7-8,11-13,17-18,28-30H,2,5-6,9-10,14H2,1,3-4H3,(H,31,32,33);3H2,1-2H3/b21-12-;. The minimum absolute atomic E-state index is 0.0798. The molecule has 0 spiro atoms. The Morgan fingerprint density at radius 2 is 1.97 bits per heavy atom. The average molecular weight is 522 g/mol. The Morgan fingerprint density at radius 1 is 1.21 bits per heavy atom. The largest absolute Gasteiger partial charge is 0.421 e. The van der Waals surface area contributed by atoms with Crippen LogP contribution in [0.1, 0.15) is 45.2 Å². The van der Waals surface area contributed by atoms with Gasteiger partial charge in [0.05, 0.1) is 0 Å². The van der Waals surface area contributed by atoms with Gasteiger partial charge in [-0.05, 0) is 63.4 Å². The Labute approximate surface area is 224 Å². The highest BCUT2D eigenvalue weighted by molar-refractivity contribution is 5.82. The fourth-order valence-corrected chi connectivity index (χ4v) is 4.53. The second-order valence-electron chi connectivity index (χ2n) is 9.99. The number of fused-ring (bicyclic) bond motifs is 1. The highest BCUT2D eigenvalue weighted by Gasteiger charge is 2.26. The summed E-state index contributed by atoms with van der Waals surface area (Å²) < 4.78 is 21.1. The van der Waals surface area contributed by atoms with Crippen molar-refractivity contribution in [3.05, 3.63) is 59.8 Å². The van der Waals surface area contributed by atoms with Crippen molar-refractivity contribution >= 4 is 22.5 Å². The molecule has 1 aliphatic heterocycles. The van der Waals surface area contributed by atoms with E-state index in [0.29, 0.717) is 28.9 Å². The molecule has 1 unspecified atom stereocenters. The van der Waals surface area contributed by atoms with Crippen LogP contribution in [0.4, 0.5) is 16.0 Å². The van der Waals surface area contributed by atoms with Gasteiger partial charge < -0.3 is 30.6 Å². The Balaban J connectivity index is 0.00000107. The van der Waals surface area contributed by atoms with Crippen LogP contribution in [0, 0.1) is 18.7 Å². The monoisotopic (exact) mass is 521 g/mol. The smallest absolute Gasteiger partial charge is 0.326 e. The number of H-pyrrole nitrogens is 1. The van der Waals surface area contributed by atoms with Crippen molar-refractivity contribution in [3.8, 4) is 11.8 Å². The second kappa shape index (κ2) is 12.3. The first kappa shape index (κ1) is 27.4. The summed E-state index contributed by atoms with van der Waals surface area (Å²) in [5.74, 6) is 1.48. The van der Waals surface area contributed by atoms with E-state index in [1.165, 1.54) is 19.3 Å². The molecule has 9 heteroatoms. The Bertz CT molecular complexity index is 1300. The van der Waals surface area contributed by atoms with Crippen LogP contribution < -0.4 is 25.6 Å². The lowest BCUT2D eigenvalue weighted by Crippen LogP contribution is -2.30. The van der Waals surface area contributed by atoms with Crippen LogP contribution >= 0.6 is 0 Å². The van der Waals surface area contributed by atoms with Crippen molar-refractivity contribution in [1.82, 2.24) is 25.6 Å². The number of aromatic nitrogens is 3. The highest BCUT2D eigenvalue weighted by Crippen LogP contribution is 2.35. The zero-order valence-electron chi connectivity index (χ0n) is 23.1. The van der Waals surface area contributed by atoms with Gasteiger partial charge in [0.2, 0.25) is 0 Å². The topological polar surface area (TPSA) is 90.1 Å². The van der Waals surface area contributed by atoms with Gasteiger partial charge in [-0.3, -0.25) is 0 Å². The molecular weight excluding hydrogens is 481 g/mol. The maximum Gasteiger partial charge on any atom is 0.326 e. The lowest BCUT2D eigenvalue weighted by Gasteiger charge is -2.19. The molecule has 0 amide bonds. The number of hydrogen-bond donors (Lipinski definition) is 4. The molecular formula is C29H40FN7O.